The minimum absolute atomic E-state index is 0.415. The van der Waals surface area contributed by atoms with Crippen molar-refractivity contribution in [3.05, 3.63) is 0 Å². The average Bonchev–Trinajstić information content (AvgIpc) is 2.43. The summed E-state index contributed by atoms with van der Waals surface area (Å²) >= 11 is 0. The van der Waals surface area contributed by atoms with Gasteiger partial charge in [-0.05, 0) is 51.5 Å². The molecule has 1 rings (SSSR count). The first kappa shape index (κ1) is 18.0. The maximum Gasteiger partial charge on any atom is 0.0734 e. The van der Waals surface area contributed by atoms with E-state index in [0.29, 0.717) is 18.2 Å². The molecular formula is C18H37NO. The Bertz CT molecular complexity index is 242. The van der Waals surface area contributed by atoms with Crippen LogP contribution in [0, 0.1) is 11.8 Å². The van der Waals surface area contributed by atoms with Crippen molar-refractivity contribution in [2.45, 2.75) is 97.3 Å². The van der Waals surface area contributed by atoms with Gasteiger partial charge in [0.1, 0.15) is 0 Å². The van der Waals surface area contributed by atoms with Gasteiger partial charge in [-0.25, -0.2) is 0 Å². The van der Waals surface area contributed by atoms with Gasteiger partial charge in [0.2, 0.25) is 0 Å². The molecule has 0 aromatic carbocycles. The standard InChI is InChI=1S/C18H37NO/c1-6-7-8-9-10-15(4)20-18-13-16(14(2)3)11-12-17(18)19-5/h14-19H,6-13H2,1-5H3. The Morgan fingerprint density at radius 3 is 2.45 bits per heavy atom. The molecule has 0 bridgehead atoms. The summed E-state index contributed by atoms with van der Waals surface area (Å²) < 4.78 is 6.39. The summed E-state index contributed by atoms with van der Waals surface area (Å²) in [6.07, 6.45) is 11.3. The summed E-state index contributed by atoms with van der Waals surface area (Å²) in [6, 6.07) is 0.558. The Morgan fingerprint density at radius 1 is 1.10 bits per heavy atom. The second kappa shape index (κ2) is 9.78. The van der Waals surface area contributed by atoms with Gasteiger partial charge in [0.15, 0.2) is 0 Å². The third kappa shape index (κ3) is 6.13. The van der Waals surface area contributed by atoms with E-state index < -0.39 is 0 Å². The van der Waals surface area contributed by atoms with Crippen LogP contribution < -0.4 is 5.32 Å². The zero-order valence-corrected chi connectivity index (χ0v) is 14.5. The molecule has 0 spiro atoms. The van der Waals surface area contributed by atoms with E-state index in [9.17, 15) is 0 Å². The van der Waals surface area contributed by atoms with Crippen molar-refractivity contribution in [3.8, 4) is 0 Å². The van der Waals surface area contributed by atoms with Crippen LogP contribution in [0.4, 0.5) is 0 Å². The molecule has 120 valence electrons. The molecule has 2 heteroatoms. The lowest BCUT2D eigenvalue weighted by molar-refractivity contribution is -0.0568. The van der Waals surface area contributed by atoms with Gasteiger partial charge in [-0.2, -0.15) is 0 Å². The van der Waals surface area contributed by atoms with Gasteiger partial charge in [-0.3, -0.25) is 0 Å². The summed E-state index contributed by atoms with van der Waals surface area (Å²) in [5.41, 5.74) is 0. The van der Waals surface area contributed by atoms with Crippen LogP contribution in [0.15, 0.2) is 0 Å². The van der Waals surface area contributed by atoms with E-state index in [-0.39, 0.29) is 0 Å². The van der Waals surface area contributed by atoms with Crippen LogP contribution in [0.2, 0.25) is 0 Å². The lowest BCUT2D eigenvalue weighted by Gasteiger charge is -2.39. The molecule has 1 aliphatic rings. The highest BCUT2D eigenvalue weighted by molar-refractivity contribution is 4.86. The molecule has 20 heavy (non-hydrogen) atoms. The van der Waals surface area contributed by atoms with Gasteiger partial charge in [-0.15, -0.1) is 0 Å². The van der Waals surface area contributed by atoms with E-state index in [1.54, 1.807) is 0 Å². The normalized spacial score (nSPS) is 28.8. The van der Waals surface area contributed by atoms with Gasteiger partial charge in [0.05, 0.1) is 12.2 Å². The Kier molecular flexibility index (Phi) is 8.79. The van der Waals surface area contributed by atoms with Gasteiger partial charge in [-0.1, -0.05) is 46.5 Å². The fourth-order valence-electron chi connectivity index (χ4n) is 3.47. The van der Waals surface area contributed by atoms with Crippen LogP contribution in [-0.4, -0.2) is 25.3 Å². The zero-order chi connectivity index (χ0) is 15.0. The highest BCUT2D eigenvalue weighted by Gasteiger charge is 2.32. The fraction of sp³-hybridized carbons (Fsp3) is 1.00. The highest BCUT2D eigenvalue weighted by Crippen LogP contribution is 2.32. The van der Waals surface area contributed by atoms with Crippen molar-refractivity contribution >= 4 is 0 Å². The Balaban J connectivity index is 2.36. The van der Waals surface area contributed by atoms with Crippen molar-refractivity contribution in [3.63, 3.8) is 0 Å². The third-order valence-corrected chi connectivity index (χ3v) is 5.02. The van der Waals surface area contributed by atoms with E-state index in [0.717, 1.165) is 11.8 Å². The van der Waals surface area contributed by atoms with Gasteiger partial charge < -0.3 is 10.1 Å². The minimum atomic E-state index is 0.415. The molecule has 0 aromatic rings. The van der Waals surface area contributed by atoms with Gasteiger partial charge in [0.25, 0.3) is 0 Å². The van der Waals surface area contributed by atoms with Crippen LogP contribution in [0.5, 0.6) is 0 Å². The predicted octanol–water partition coefficient (Wildman–Crippen LogP) is 4.77. The highest BCUT2D eigenvalue weighted by atomic mass is 16.5. The number of unbranched alkanes of at least 4 members (excludes halogenated alkanes) is 3. The van der Waals surface area contributed by atoms with Crippen molar-refractivity contribution in [2.24, 2.45) is 11.8 Å². The molecule has 2 nitrogen and oxygen atoms in total. The number of nitrogens with one attached hydrogen (secondary N) is 1. The molecule has 0 amide bonds. The van der Waals surface area contributed by atoms with Crippen molar-refractivity contribution < 1.29 is 4.74 Å². The summed E-state index contributed by atoms with van der Waals surface area (Å²) in [6.45, 7) is 9.24. The fourth-order valence-corrected chi connectivity index (χ4v) is 3.47. The molecule has 4 unspecified atom stereocenters. The summed E-state index contributed by atoms with van der Waals surface area (Å²) in [5, 5.41) is 3.47. The van der Waals surface area contributed by atoms with Crippen LogP contribution in [0.1, 0.15) is 79.1 Å². The number of hydrogen-bond donors (Lipinski definition) is 1. The lowest BCUT2D eigenvalue weighted by Crippen LogP contribution is -2.46. The average molecular weight is 283 g/mol. The molecule has 1 aliphatic carbocycles. The molecule has 0 aromatic heterocycles. The minimum Gasteiger partial charge on any atom is -0.374 e. The molecule has 0 heterocycles. The zero-order valence-electron chi connectivity index (χ0n) is 14.5. The predicted molar refractivity (Wildman–Crippen MR) is 88.1 cm³/mol. The maximum atomic E-state index is 6.39. The molecule has 1 saturated carbocycles. The van der Waals surface area contributed by atoms with Gasteiger partial charge >= 0.3 is 0 Å². The molecular weight excluding hydrogens is 246 g/mol. The number of hydrogen-bond acceptors (Lipinski definition) is 2. The van der Waals surface area contributed by atoms with Crippen molar-refractivity contribution in [1.82, 2.24) is 5.32 Å². The summed E-state index contributed by atoms with van der Waals surface area (Å²) in [4.78, 5) is 0. The van der Waals surface area contributed by atoms with Crippen molar-refractivity contribution in [2.75, 3.05) is 7.05 Å². The van der Waals surface area contributed by atoms with E-state index in [4.69, 9.17) is 4.74 Å². The smallest absolute Gasteiger partial charge is 0.0734 e. The van der Waals surface area contributed by atoms with Crippen LogP contribution in [0.25, 0.3) is 0 Å². The second-order valence-electron chi connectivity index (χ2n) is 7.05. The van der Waals surface area contributed by atoms with E-state index in [2.05, 4.69) is 40.1 Å². The summed E-state index contributed by atoms with van der Waals surface area (Å²) in [7, 11) is 2.09. The SMILES string of the molecule is CCCCCCC(C)OC1CC(C(C)C)CCC1NC. The van der Waals surface area contributed by atoms with Gasteiger partial charge in [0, 0.05) is 6.04 Å². The first-order valence-corrected chi connectivity index (χ1v) is 8.91. The Hall–Kier alpha value is -0.0800. The molecule has 0 saturated heterocycles. The molecule has 1 fully saturated rings. The molecule has 0 aliphatic heterocycles. The quantitative estimate of drug-likeness (QED) is 0.615. The van der Waals surface area contributed by atoms with Crippen LogP contribution >= 0.6 is 0 Å². The molecule has 1 N–H and O–H groups in total. The second-order valence-corrected chi connectivity index (χ2v) is 7.05. The first-order valence-electron chi connectivity index (χ1n) is 8.91. The summed E-state index contributed by atoms with van der Waals surface area (Å²) in [5.74, 6) is 1.63. The Morgan fingerprint density at radius 2 is 1.85 bits per heavy atom. The molecule has 4 atom stereocenters. The number of ether oxygens (including phenoxy) is 1. The van der Waals surface area contributed by atoms with Crippen LogP contribution in [0.3, 0.4) is 0 Å². The van der Waals surface area contributed by atoms with E-state index in [1.807, 2.05) is 0 Å². The monoisotopic (exact) mass is 283 g/mol. The van der Waals surface area contributed by atoms with Crippen molar-refractivity contribution in [1.29, 1.82) is 0 Å². The van der Waals surface area contributed by atoms with Crippen LogP contribution in [-0.2, 0) is 4.74 Å². The maximum absolute atomic E-state index is 6.39. The first-order chi connectivity index (χ1) is 9.58. The Labute approximate surface area is 127 Å². The largest absolute Gasteiger partial charge is 0.374 e. The number of rotatable bonds is 9. The van der Waals surface area contributed by atoms with E-state index >= 15 is 0 Å². The number of likely N-dealkylation sites (N-methyl/N-ethyl adjacent to an activating group) is 1. The van der Waals surface area contributed by atoms with E-state index in [1.165, 1.54) is 51.4 Å². The molecule has 0 radical (unpaired) electrons. The third-order valence-electron chi connectivity index (χ3n) is 5.02. The topological polar surface area (TPSA) is 21.3 Å². The lowest BCUT2D eigenvalue weighted by atomic mass is 9.78.